The van der Waals surface area contributed by atoms with E-state index in [1.54, 1.807) is 31.5 Å². The summed E-state index contributed by atoms with van der Waals surface area (Å²) in [6.07, 6.45) is 10.2. The number of phenolic OH excluding ortho intramolecular Hbond substituents is 1. The fourth-order valence-electron chi connectivity index (χ4n) is 2.27. The predicted molar refractivity (Wildman–Crippen MR) is 78.3 cm³/mol. The van der Waals surface area contributed by atoms with E-state index in [1.165, 1.54) is 31.3 Å². The van der Waals surface area contributed by atoms with Crippen molar-refractivity contribution in [3.8, 4) is 11.5 Å². The zero-order chi connectivity index (χ0) is 13.5. The molecule has 1 N–H and O–H groups in total. The number of methoxy groups -OCH3 is 1. The summed E-state index contributed by atoms with van der Waals surface area (Å²) in [5.41, 5.74) is 2.23. The van der Waals surface area contributed by atoms with Crippen LogP contribution in [0.25, 0.3) is 0 Å². The first-order valence-corrected chi connectivity index (χ1v) is 6.84. The maximum Gasteiger partial charge on any atom is 0.124 e. The lowest BCUT2D eigenvalue weighted by Gasteiger charge is -2.10. The lowest BCUT2D eigenvalue weighted by Crippen LogP contribution is -1.94. The highest BCUT2D eigenvalue weighted by atomic mass is 16.5. The number of nitrogens with zero attached hydrogens (tertiary/aromatic N) is 1. The van der Waals surface area contributed by atoms with E-state index in [9.17, 15) is 5.11 Å². The fourth-order valence-corrected chi connectivity index (χ4v) is 2.27. The van der Waals surface area contributed by atoms with Crippen molar-refractivity contribution in [2.24, 2.45) is 4.99 Å². The van der Waals surface area contributed by atoms with E-state index in [0.29, 0.717) is 5.56 Å². The number of ether oxygens (including phenoxy) is 1. The largest absolute Gasteiger partial charge is 0.507 e. The van der Waals surface area contributed by atoms with Crippen LogP contribution < -0.4 is 4.74 Å². The molecule has 102 valence electrons. The van der Waals surface area contributed by atoms with Gasteiger partial charge in [0, 0.05) is 18.3 Å². The van der Waals surface area contributed by atoms with Gasteiger partial charge in [0.2, 0.25) is 0 Å². The van der Waals surface area contributed by atoms with Crippen molar-refractivity contribution in [3.63, 3.8) is 0 Å². The van der Waals surface area contributed by atoms with Gasteiger partial charge in [0.05, 0.1) is 7.11 Å². The third kappa shape index (κ3) is 4.12. The smallest absolute Gasteiger partial charge is 0.124 e. The van der Waals surface area contributed by atoms with Crippen molar-refractivity contribution < 1.29 is 9.84 Å². The number of hydrogen-bond acceptors (Lipinski definition) is 3. The summed E-state index contributed by atoms with van der Waals surface area (Å²) in [5.74, 6) is 0.968. The number of benzene rings is 1. The second-order valence-electron chi connectivity index (χ2n) is 4.82. The van der Waals surface area contributed by atoms with Gasteiger partial charge in [0.1, 0.15) is 11.5 Å². The van der Waals surface area contributed by atoms with Gasteiger partial charge in [-0.15, -0.1) is 0 Å². The van der Waals surface area contributed by atoms with Gasteiger partial charge in [-0.05, 0) is 50.3 Å². The molecule has 0 atom stereocenters. The van der Waals surface area contributed by atoms with Crippen molar-refractivity contribution in [1.82, 2.24) is 0 Å². The maximum absolute atomic E-state index is 9.72. The van der Waals surface area contributed by atoms with Gasteiger partial charge in [-0.2, -0.15) is 0 Å². The van der Waals surface area contributed by atoms with Crippen molar-refractivity contribution in [2.45, 2.75) is 32.1 Å². The molecule has 19 heavy (non-hydrogen) atoms. The van der Waals surface area contributed by atoms with E-state index in [4.69, 9.17) is 4.74 Å². The summed E-state index contributed by atoms with van der Waals surface area (Å²) >= 11 is 0. The average Bonchev–Trinajstić information content (AvgIpc) is 2.46. The standard InChI is InChI=1S/C16H21NO2/c1-19-15-7-8-16(18)14(11-15)12-17-10-9-13-5-3-2-4-6-13/h5,7-8,11-12,18H,2-4,6,9-10H2,1H3. The summed E-state index contributed by atoms with van der Waals surface area (Å²) in [4.78, 5) is 4.39. The molecule has 0 aromatic heterocycles. The Morgan fingerprint density at radius 1 is 1.37 bits per heavy atom. The van der Waals surface area contributed by atoms with Crippen LogP contribution in [0.5, 0.6) is 11.5 Å². The van der Waals surface area contributed by atoms with Crippen LogP contribution in [0, 0.1) is 0 Å². The molecule has 3 heteroatoms. The third-order valence-electron chi connectivity index (χ3n) is 3.41. The zero-order valence-corrected chi connectivity index (χ0v) is 11.4. The highest BCUT2D eigenvalue weighted by Gasteiger charge is 2.03. The molecular weight excluding hydrogens is 238 g/mol. The Bertz CT molecular complexity index is 478. The van der Waals surface area contributed by atoms with E-state index in [0.717, 1.165) is 18.7 Å². The van der Waals surface area contributed by atoms with Gasteiger partial charge in [0.15, 0.2) is 0 Å². The number of rotatable bonds is 5. The van der Waals surface area contributed by atoms with Gasteiger partial charge in [0.25, 0.3) is 0 Å². The van der Waals surface area contributed by atoms with Gasteiger partial charge in [-0.3, -0.25) is 4.99 Å². The Labute approximate surface area is 114 Å². The molecule has 2 rings (SSSR count). The maximum atomic E-state index is 9.72. The molecule has 0 heterocycles. The minimum Gasteiger partial charge on any atom is -0.507 e. The van der Waals surface area contributed by atoms with Crippen LogP contribution >= 0.6 is 0 Å². The molecule has 0 saturated heterocycles. The Balaban J connectivity index is 1.89. The Hall–Kier alpha value is -1.77. The van der Waals surface area contributed by atoms with Crippen LogP contribution in [0.1, 0.15) is 37.7 Å². The first-order chi connectivity index (χ1) is 9.29. The summed E-state index contributed by atoms with van der Waals surface area (Å²) in [7, 11) is 1.61. The Morgan fingerprint density at radius 2 is 2.26 bits per heavy atom. The summed E-state index contributed by atoms with van der Waals surface area (Å²) in [5, 5.41) is 9.72. The molecule has 1 aliphatic carbocycles. The molecule has 0 spiro atoms. The molecular formula is C16H21NO2. The number of hydrogen-bond donors (Lipinski definition) is 1. The molecule has 0 bridgehead atoms. The van der Waals surface area contributed by atoms with E-state index in [-0.39, 0.29) is 5.75 Å². The van der Waals surface area contributed by atoms with Crippen LogP contribution in [0.4, 0.5) is 0 Å². The molecule has 0 fully saturated rings. The zero-order valence-electron chi connectivity index (χ0n) is 11.4. The highest BCUT2D eigenvalue weighted by Crippen LogP contribution is 2.22. The first kappa shape index (κ1) is 13.7. The highest BCUT2D eigenvalue weighted by molar-refractivity contribution is 5.84. The quantitative estimate of drug-likeness (QED) is 0.647. The molecule has 0 saturated carbocycles. The molecule has 1 aliphatic rings. The Kier molecular flexibility index (Phi) is 5.01. The van der Waals surface area contributed by atoms with E-state index < -0.39 is 0 Å². The van der Waals surface area contributed by atoms with E-state index in [2.05, 4.69) is 11.1 Å². The molecule has 0 amide bonds. The fraction of sp³-hybridized carbons (Fsp3) is 0.438. The molecule has 0 unspecified atom stereocenters. The van der Waals surface area contributed by atoms with E-state index >= 15 is 0 Å². The summed E-state index contributed by atoms with van der Waals surface area (Å²) in [6.45, 7) is 0.780. The van der Waals surface area contributed by atoms with Crippen LogP contribution in [0.2, 0.25) is 0 Å². The monoisotopic (exact) mass is 259 g/mol. The average molecular weight is 259 g/mol. The molecule has 0 radical (unpaired) electrons. The topological polar surface area (TPSA) is 41.8 Å². The molecule has 1 aromatic carbocycles. The van der Waals surface area contributed by atoms with Crippen LogP contribution in [0.3, 0.4) is 0 Å². The predicted octanol–water partition coefficient (Wildman–Crippen LogP) is 3.71. The van der Waals surface area contributed by atoms with Gasteiger partial charge in [-0.1, -0.05) is 11.6 Å². The SMILES string of the molecule is COc1ccc(O)c(C=NCCC2=CCCCC2)c1. The first-order valence-electron chi connectivity index (χ1n) is 6.84. The second kappa shape index (κ2) is 6.98. The summed E-state index contributed by atoms with van der Waals surface area (Å²) < 4.78 is 5.13. The number of allylic oxidation sites excluding steroid dienone is 1. The van der Waals surface area contributed by atoms with Gasteiger partial charge < -0.3 is 9.84 Å². The number of aromatic hydroxyl groups is 1. The minimum absolute atomic E-state index is 0.237. The van der Waals surface area contributed by atoms with Crippen molar-refractivity contribution >= 4 is 6.21 Å². The number of aliphatic imine (C=N–C) groups is 1. The minimum atomic E-state index is 0.237. The third-order valence-corrected chi connectivity index (χ3v) is 3.41. The normalized spacial score (nSPS) is 15.5. The lowest BCUT2D eigenvalue weighted by atomic mass is 9.97. The number of phenols is 1. The lowest BCUT2D eigenvalue weighted by molar-refractivity contribution is 0.412. The van der Waals surface area contributed by atoms with Crippen LogP contribution in [0.15, 0.2) is 34.8 Å². The molecule has 1 aromatic rings. The van der Waals surface area contributed by atoms with Gasteiger partial charge in [-0.25, -0.2) is 0 Å². The van der Waals surface area contributed by atoms with Crippen molar-refractivity contribution in [2.75, 3.05) is 13.7 Å². The van der Waals surface area contributed by atoms with Crippen molar-refractivity contribution in [1.29, 1.82) is 0 Å². The van der Waals surface area contributed by atoms with Crippen LogP contribution in [-0.2, 0) is 0 Å². The Morgan fingerprint density at radius 3 is 3.00 bits per heavy atom. The second-order valence-corrected chi connectivity index (χ2v) is 4.82. The van der Waals surface area contributed by atoms with E-state index in [1.807, 2.05) is 0 Å². The summed E-state index contributed by atoms with van der Waals surface area (Å²) in [6, 6.07) is 5.15. The van der Waals surface area contributed by atoms with Crippen molar-refractivity contribution in [3.05, 3.63) is 35.4 Å². The van der Waals surface area contributed by atoms with Crippen LogP contribution in [-0.4, -0.2) is 25.0 Å². The molecule has 0 aliphatic heterocycles. The molecule has 3 nitrogen and oxygen atoms in total. The van der Waals surface area contributed by atoms with Gasteiger partial charge >= 0.3 is 0 Å².